The second-order valence-electron chi connectivity index (χ2n) is 4.29. The van der Waals surface area contributed by atoms with Crippen LogP contribution in [0.5, 0.6) is 0 Å². The second-order valence-corrected chi connectivity index (χ2v) is 6.26. The van der Waals surface area contributed by atoms with E-state index < -0.39 is 9.84 Å². The van der Waals surface area contributed by atoms with Gasteiger partial charge in [-0.3, -0.25) is 4.79 Å². The van der Waals surface area contributed by atoms with Crippen molar-refractivity contribution < 1.29 is 13.2 Å². The van der Waals surface area contributed by atoms with E-state index in [1.54, 1.807) is 13.8 Å². The van der Waals surface area contributed by atoms with Crippen LogP contribution >= 0.6 is 0 Å². The molecular formula is C11H17N3O3S. The quantitative estimate of drug-likeness (QED) is 0.825. The number of hydrogen-bond acceptors (Lipinski definition) is 5. The first-order valence-electron chi connectivity index (χ1n) is 5.44. The first-order valence-corrected chi connectivity index (χ1v) is 7.33. The molecule has 1 heterocycles. The predicted molar refractivity (Wildman–Crippen MR) is 68.8 cm³/mol. The van der Waals surface area contributed by atoms with E-state index in [1.165, 1.54) is 18.3 Å². The largest absolute Gasteiger partial charge is 0.327 e. The zero-order valence-corrected chi connectivity index (χ0v) is 11.4. The summed E-state index contributed by atoms with van der Waals surface area (Å²) in [6, 6.07) is 2.59. The van der Waals surface area contributed by atoms with E-state index in [1.807, 2.05) is 0 Å². The van der Waals surface area contributed by atoms with Gasteiger partial charge in [0.1, 0.15) is 0 Å². The normalized spacial score (nSPS) is 14.9. The number of nitrogens with one attached hydrogen (secondary N) is 1. The van der Waals surface area contributed by atoms with Crippen LogP contribution in [0.4, 0.5) is 5.69 Å². The number of carbonyl (C=O) groups is 1. The average molecular weight is 271 g/mol. The fourth-order valence-electron chi connectivity index (χ4n) is 1.17. The lowest BCUT2D eigenvalue weighted by Gasteiger charge is -2.15. The minimum atomic E-state index is -3.32. The third kappa shape index (κ3) is 3.78. The van der Waals surface area contributed by atoms with E-state index in [9.17, 15) is 13.2 Å². The standard InChI is InChI=1S/C11H17N3O3S/c1-7(8(2)12)11(15)14-9-4-5-10(13-6-9)18(3,16)17/h4-8H,12H2,1-3H3,(H,14,15). The van der Waals surface area contributed by atoms with Crippen molar-refractivity contribution in [3.63, 3.8) is 0 Å². The maximum absolute atomic E-state index is 11.7. The number of nitrogens with zero attached hydrogens (tertiary/aromatic N) is 1. The summed E-state index contributed by atoms with van der Waals surface area (Å²) in [6.07, 6.45) is 2.38. The van der Waals surface area contributed by atoms with Crippen molar-refractivity contribution >= 4 is 21.4 Å². The van der Waals surface area contributed by atoms with Gasteiger partial charge in [0.25, 0.3) is 0 Å². The molecule has 0 saturated heterocycles. The van der Waals surface area contributed by atoms with E-state index in [0.29, 0.717) is 5.69 Å². The Labute approximate surface area is 107 Å². The molecule has 2 atom stereocenters. The van der Waals surface area contributed by atoms with Crippen molar-refractivity contribution in [2.45, 2.75) is 24.9 Å². The highest BCUT2D eigenvalue weighted by atomic mass is 32.2. The average Bonchev–Trinajstić information content (AvgIpc) is 2.27. The molecule has 0 fully saturated rings. The Bertz CT molecular complexity index is 523. The molecule has 3 N–H and O–H groups in total. The molecule has 0 aliphatic rings. The highest BCUT2D eigenvalue weighted by Crippen LogP contribution is 2.12. The van der Waals surface area contributed by atoms with Crippen molar-refractivity contribution in [3.05, 3.63) is 18.3 Å². The molecule has 0 radical (unpaired) electrons. The van der Waals surface area contributed by atoms with Crippen LogP contribution in [0, 0.1) is 5.92 Å². The molecule has 2 unspecified atom stereocenters. The van der Waals surface area contributed by atoms with Gasteiger partial charge in [-0.1, -0.05) is 6.92 Å². The summed E-state index contributed by atoms with van der Waals surface area (Å²) in [5, 5.41) is 2.60. The molecule has 1 aromatic heterocycles. The van der Waals surface area contributed by atoms with Crippen LogP contribution in [0.3, 0.4) is 0 Å². The summed E-state index contributed by atoms with van der Waals surface area (Å²) in [5.74, 6) is -0.557. The molecule has 7 heteroatoms. The van der Waals surface area contributed by atoms with Gasteiger partial charge >= 0.3 is 0 Å². The van der Waals surface area contributed by atoms with E-state index in [-0.39, 0.29) is 22.9 Å². The summed E-state index contributed by atoms with van der Waals surface area (Å²) in [5.41, 5.74) is 6.06. The maximum atomic E-state index is 11.7. The van der Waals surface area contributed by atoms with E-state index in [0.717, 1.165) is 6.26 Å². The predicted octanol–water partition coefficient (Wildman–Crippen LogP) is 0.407. The summed E-state index contributed by atoms with van der Waals surface area (Å²) in [4.78, 5) is 15.5. The molecule has 1 amide bonds. The van der Waals surface area contributed by atoms with Crippen LogP contribution in [-0.2, 0) is 14.6 Å². The summed E-state index contributed by atoms with van der Waals surface area (Å²) in [6.45, 7) is 3.47. The molecule has 0 spiro atoms. The van der Waals surface area contributed by atoms with Gasteiger partial charge in [-0.2, -0.15) is 0 Å². The van der Waals surface area contributed by atoms with Crippen molar-refractivity contribution in [1.82, 2.24) is 4.98 Å². The smallest absolute Gasteiger partial charge is 0.228 e. The number of nitrogens with two attached hydrogens (primary N) is 1. The molecule has 1 aromatic rings. The van der Waals surface area contributed by atoms with Gasteiger partial charge in [-0.15, -0.1) is 0 Å². The van der Waals surface area contributed by atoms with E-state index >= 15 is 0 Å². The van der Waals surface area contributed by atoms with Crippen LogP contribution in [0.15, 0.2) is 23.4 Å². The number of anilines is 1. The third-order valence-corrected chi connectivity index (χ3v) is 3.59. The lowest BCUT2D eigenvalue weighted by atomic mass is 10.0. The first kappa shape index (κ1) is 14.6. The minimum absolute atomic E-state index is 0.0271. The Hall–Kier alpha value is -1.47. The highest BCUT2D eigenvalue weighted by molar-refractivity contribution is 7.90. The Morgan fingerprint density at radius 2 is 2.00 bits per heavy atom. The third-order valence-electron chi connectivity index (χ3n) is 2.59. The number of rotatable bonds is 4. The van der Waals surface area contributed by atoms with Crippen LogP contribution < -0.4 is 11.1 Å². The first-order chi connectivity index (χ1) is 8.21. The van der Waals surface area contributed by atoms with Crippen LogP contribution in [0.1, 0.15) is 13.8 Å². The molecule has 1 rings (SSSR count). The van der Waals surface area contributed by atoms with Gasteiger partial charge in [0.15, 0.2) is 14.9 Å². The Morgan fingerprint density at radius 1 is 1.39 bits per heavy atom. The van der Waals surface area contributed by atoms with Gasteiger partial charge in [-0.05, 0) is 19.1 Å². The lowest BCUT2D eigenvalue weighted by Crippen LogP contribution is -2.34. The number of pyridine rings is 1. The number of carbonyl (C=O) groups excluding carboxylic acids is 1. The second kappa shape index (κ2) is 5.45. The van der Waals surface area contributed by atoms with Crippen LogP contribution in [-0.4, -0.2) is 31.6 Å². The SMILES string of the molecule is CC(N)C(C)C(=O)Nc1ccc(S(C)(=O)=O)nc1. The topological polar surface area (TPSA) is 102 Å². The molecule has 100 valence electrons. The molecular weight excluding hydrogens is 254 g/mol. The van der Waals surface area contributed by atoms with Gasteiger partial charge in [0.2, 0.25) is 5.91 Å². The van der Waals surface area contributed by atoms with E-state index in [4.69, 9.17) is 5.73 Å². The monoisotopic (exact) mass is 271 g/mol. The molecule has 6 nitrogen and oxygen atoms in total. The molecule has 0 bridgehead atoms. The van der Waals surface area contributed by atoms with Gasteiger partial charge < -0.3 is 11.1 Å². The van der Waals surface area contributed by atoms with Gasteiger partial charge in [-0.25, -0.2) is 13.4 Å². The molecule has 0 aromatic carbocycles. The summed E-state index contributed by atoms with van der Waals surface area (Å²) >= 11 is 0. The molecule has 0 saturated carbocycles. The molecule has 0 aliphatic heterocycles. The van der Waals surface area contributed by atoms with Crippen molar-refractivity contribution in [3.8, 4) is 0 Å². The van der Waals surface area contributed by atoms with Crippen molar-refractivity contribution in [2.24, 2.45) is 11.7 Å². The van der Waals surface area contributed by atoms with Crippen molar-refractivity contribution in [2.75, 3.05) is 11.6 Å². The number of amides is 1. The minimum Gasteiger partial charge on any atom is -0.327 e. The molecule has 18 heavy (non-hydrogen) atoms. The zero-order chi connectivity index (χ0) is 13.9. The summed E-state index contributed by atoms with van der Waals surface area (Å²) < 4.78 is 22.4. The summed E-state index contributed by atoms with van der Waals surface area (Å²) in [7, 11) is -3.32. The lowest BCUT2D eigenvalue weighted by molar-refractivity contribution is -0.119. The number of hydrogen-bond donors (Lipinski definition) is 2. The fourth-order valence-corrected chi connectivity index (χ4v) is 1.73. The van der Waals surface area contributed by atoms with Gasteiger partial charge in [0, 0.05) is 12.3 Å². The van der Waals surface area contributed by atoms with Gasteiger partial charge in [0.05, 0.1) is 17.8 Å². The Balaban J connectivity index is 2.79. The fraction of sp³-hybridized carbons (Fsp3) is 0.455. The Kier molecular flexibility index (Phi) is 4.42. The number of aromatic nitrogens is 1. The molecule has 0 aliphatic carbocycles. The Morgan fingerprint density at radius 3 is 2.39 bits per heavy atom. The van der Waals surface area contributed by atoms with E-state index in [2.05, 4.69) is 10.3 Å². The van der Waals surface area contributed by atoms with Crippen LogP contribution in [0.25, 0.3) is 0 Å². The maximum Gasteiger partial charge on any atom is 0.228 e. The number of sulfone groups is 1. The van der Waals surface area contributed by atoms with Crippen molar-refractivity contribution in [1.29, 1.82) is 0 Å². The zero-order valence-electron chi connectivity index (χ0n) is 10.5. The highest BCUT2D eigenvalue weighted by Gasteiger charge is 2.17. The van der Waals surface area contributed by atoms with Crippen LogP contribution in [0.2, 0.25) is 0 Å².